The number of rotatable bonds is 5. The average Bonchev–Trinajstić information content (AvgIpc) is 3.04. The van der Waals surface area contributed by atoms with Crippen molar-refractivity contribution in [2.24, 2.45) is 0 Å². The molecule has 1 aliphatic rings. The van der Waals surface area contributed by atoms with E-state index in [-0.39, 0.29) is 46.5 Å². The molecular formula is C23H30Cl2N2Ti-2. The van der Waals surface area contributed by atoms with Crippen LogP contribution < -0.4 is 24.8 Å². The first kappa shape index (κ1) is 29.5. The van der Waals surface area contributed by atoms with Gasteiger partial charge in [0.15, 0.2) is 0 Å². The molecule has 3 rings (SSSR count). The van der Waals surface area contributed by atoms with Crippen LogP contribution in [0.15, 0.2) is 54.1 Å². The Kier molecular flexibility index (Phi) is 15.9. The van der Waals surface area contributed by atoms with Gasteiger partial charge < -0.3 is 35.4 Å². The molecule has 0 radical (unpaired) electrons. The van der Waals surface area contributed by atoms with Crippen LogP contribution in [0.2, 0.25) is 0 Å². The van der Waals surface area contributed by atoms with Crippen LogP contribution in [-0.4, -0.2) is 32.1 Å². The largest absolute Gasteiger partial charge is 2.00 e. The van der Waals surface area contributed by atoms with E-state index in [0.717, 1.165) is 31.4 Å². The van der Waals surface area contributed by atoms with Crippen LogP contribution in [0, 0.1) is 6.92 Å². The van der Waals surface area contributed by atoms with Gasteiger partial charge in [0.25, 0.3) is 0 Å². The smallest absolute Gasteiger partial charge is 1.00 e. The topological polar surface area (TPSA) is 27.0 Å². The maximum atomic E-state index is 6.60. The summed E-state index contributed by atoms with van der Waals surface area (Å²) in [5, 5.41) is 2.52. The van der Waals surface area contributed by atoms with Gasteiger partial charge >= 0.3 is 21.7 Å². The molecule has 0 bridgehead atoms. The van der Waals surface area contributed by atoms with E-state index in [9.17, 15) is 0 Å². The molecule has 0 amide bonds. The molecule has 152 valence electrons. The number of hydrogen-bond donors (Lipinski definition) is 0. The molecule has 5 heteroatoms. The van der Waals surface area contributed by atoms with Crippen LogP contribution in [-0.2, 0) is 21.7 Å². The fourth-order valence-corrected chi connectivity index (χ4v) is 3.12. The van der Waals surface area contributed by atoms with Crippen LogP contribution in [0.25, 0.3) is 22.1 Å². The number of nitrogens with one attached hydrogen (secondary N) is 1. The van der Waals surface area contributed by atoms with E-state index >= 15 is 0 Å². The van der Waals surface area contributed by atoms with Gasteiger partial charge in [0, 0.05) is 6.54 Å². The van der Waals surface area contributed by atoms with Crippen LogP contribution in [0.1, 0.15) is 37.3 Å². The maximum absolute atomic E-state index is 6.60. The van der Waals surface area contributed by atoms with Crippen molar-refractivity contribution in [3.8, 4) is 0 Å². The number of likely N-dealkylation sites (N-methyl/N-ethyl adjacent to an activating group) is 1. The summed E-state index contributed by atoms with van der Waals surface area (Å²) in [6.45, 7) is 8.00. The van der Waals surface area contributed by atoms with Crippen LogP contribution in [0.4, 0.5) is 0 Å². The van der Waals surface area contributed by atoms with Gasteiger partial charge in [-0.3, -0.25) is 0 Å². The molecule has 0 saturated carbocycles. The number of benzene rings is 2. The van der Waals surface area contributed by atoms with Crippen LogP contribution in [0.3, 0.4) is 0 Å². The maximum Gasteiger partial charge on any atom is 2.00 e. The third-order valence-electron chi connectivity index (χ3n) is 4.41. The number of hydrogen-bond acceptors (Lipinski definition) is 1. The van der Waals surface area contributed by atoms with Crippen molar-refractivity contribution in [3.05, 3.63) is 77.9 Å². The molecular weight excluding hydrogens is 423 g/mol. The Morgan fingerprint density at radius 1 is 1.07 bits per heavy atom. The van der Waals surface area contributed by atoms with E-state index < -0.39 is 0 Å². The molecule has 0 spiro atoms. The number of fused-ring (bicyclic) bond motifs is 1. The molecule has 1 aliphatic carbocycles. The summed E-state index contributed by atoms with van der Waals surface area (Å²) in [6, 6.07) is 12.9. The van der Waals surface area contributed by atoms with Crippen LogP contribution >= 0.6 is 0 Å². The Labute approximate surface area is 198 Å². The van der Waals surface area contributed by atoms with Crippen molar-refractivity contribution >= 4 is 16.3 Å². The van der Waals surface area contributed by atoms with E-state index in [4.69, 9.17) is 5.73 Å². The Bertz CT molecular complexity index is 768. The Morgan fingerprint density at radius 3 is 2.32 bits per heavy atom. The minimum Gasteiger partial charge on any atom is -1.00 e. The molecule has 0 aromatic heterocycles. The van der Waals surface area contributed by atoms with Crippen molar-refractivity contribution in [1.82, 2.24) is 4.90 Å². The normalized spacial score (nSPS) is 12.0. The Morgan fingerprint density at radius 2 is 1.75 bits per heavy atom. The van der Waals surface area contributed by atoms with Crippen molar-refractivity contribution in [2.75, 3.05) is 27.2 Å². The minimum absolute atomic E-state index is 0. The number of nitrogens with zero attached hydrogens (tertiary/aromatic N) is 1. The summed E-state index contributed by atoms with van der Waals surface area (Å²) in [7, 11) is 4.23. The van der Waals surface area contributed by atoms with Gasteiger partial charge in [-0.25, -0.2) is 0 Å². The van der Waals surface area contributed by atoms with Gasteiger partial charge in [0.05, 0.1) is 0 Å². The van der Waals surface area contributed by atoms with Gasteiger partial charge in [-0.05, 0) is 26.1 Å². The zero-order valence-corrected chi connectivity index (χ0v) is 20.1. The molecule has 0 saturated heterocycles. The van der Waals surface area contributed by atoms with E-state index in [0.29, 0.717) is 6.54 Å². The summed E-state index contributed by atoms with van der Waals surface area (Å²) in [6.07, 6.45) is 7.74. The Balaban J connectivity index is 0. The predicted molar refractivity (Wildman–Crippen MR) is 112 cm³/mol. The van der Waals surface area contributed by atoms with Gasteiger partial charge in [-0.2, -0.15) is 19.0 Å². The molecule has 0 unspecified atom stereocenters. The van der Waals surface area contributed by atoms with Crippen molar-refractivity contribution in [1.29, 1.82) is 0 Å². The monoisotopic (exact) mass is 452 g/mol. The van der Waals surface area contributed by atoms with E-state index in [1.54, 1.807) is 0 Å². The molecule has 2 aromatic rings. The third kappa shape index (κ3) is 7.95. The molecule has 1 N–H and O–H groups in total. The molecule has 2 aromatic carbocycles. The summed E-state index contributed by atoms with van der Waals surface area (Å²) in [5.41, 5.74) is 11.9. The first-order chi connectivity index (χ1) is 12.1. The van der Waals surface area contributed by atoms with Gasteiger partial charge in [-0.1, -0.05) is 67.1 Å². The van der Waals surface area contributed by atoms with Gasteiger partial charge in [0.2, 0.25) is 0 Å². The van der Waals surface area contributed by atoms with Crippen molar-refractivity contribution in [2.45, 2.75) is 26.2 Å². The second-order valence-corrected chi connectivity index (χ2v) is 6.76. The molecule has 28 heavy (non-hydrogen) atoms. The van der Waals surface area contributed by atoms with Gasteiger partial charge in [0.1, 0.15) is 0 Å². The summed E-state index contributed by atoms with van der Waals surface area (Å²) in [4.78, 5) is 2.22. The van der Waals surface area contributed by atoms with Crippen molar-refractivity contribution < 1.29 is 46.5 Å². The minimum atomic E-state index is 0. The molecule has 0 atom stereocenters. The Hall–Kier alpha value is -0.736. The second-order valence-electron chi connectivity index (χ2n) is 6.76. The first-order valence-electron chi connectivity index (χ1n) is 9.10. The standard InChI is InChI=1S/C19H20N.C4H10N.2ClH.Ti/c1-14-17-9-5-4-7-15(17)11-12-18(14)19-10-6-8-16(19)13-20(2)3;1-2-3-4-5;;;/h4-9,11-12H,1,10,13H2,2-3H3;5H,2-4H2,1H3;2*1H;/q2*-1;;;+2/p-2. The quantitative estimate of drug-likeness (QED) is 0.468. The van der Waals surface area contributed by atoms with Crippen molar-refractivity contribution in [3.63, 3.8) is 0 Å². The number of allylic oxidation sites excluding steroid dienone is 2. The zero-order valence-electron chi connectivity index (χ0n) is 17.1. The van der Waals surface area contributed by atoms with E-state index in [1.165, 1.54) is 27.5 Å². The average molecular weight is 453 g/mol. The summed E-state index contributed by atoms with van der Waals surface area (Å²) in [5.74, 6) is 0. The second kappa shape index (κ2) is 15.2. The predicted octanol–water partition coefficient (Wildman–Crippen LogP) is 0.141. The summed E-state index contributed by atoms with van der Waals surface area (Å²) < 4.78 is 0. The van der Waals surface area contributed by atoms with Crippen LogP contribution in [0.5, 0.6) is 0 Å². The molecule has 0 aliphatic heterocycles. The SMILES string of the molecule is CCCC[NH-].[CH2-]c1c(C2=C(CN(C)C)C=CC2)ccc2ccccc12.[Cl-].[Cl-].[Ti+2]. The third-order valence-corrected chi connectivity index (χ3v) is 4.41. The molecule has 0 fully saturated rings. The zero-order chi connectivity index (χ0) is 18.2. The van der Waals surface area contributed by atoms with E-state index in [2.05, 4.69) is 81.4 Å². The molecule has 0 heterocycles. The number of unbranched alkanes of at least 4 members (excludes halogenated alkanes) is 1. The number of halogens is 2. The fourth-order valence-electron chi connectivity index (χ4n) is 3.12. The fraction of sp³-hybridized carbons (Fsp3) is 0.348. The first-order valence-corrected chi connectivity index (χ1v) is 9.10. The van der Waals surface area contributed by atoms with E-state index in [1.807, 2.05) is 0 Å². The molecule has 2 nitrogen and oxygen atoms in total. The van der Waals surface area contributed by atoms with Gasteiger partial charge in [-0.15, -0.1) is 23.1 Å². The summed E-state index contributed by atoms with van der Waals surface area (Å²) >= 11 is 0.